The van der Waals surface area contributed by atoms with Gasteiger partial charge in [-0.15, -0.1) is 0 Å². The number of rotatable bonds is 6. The molecular weight excluding hydrogens is 610 g/mol. The highest BCUT2D eigenvalue weighted by Crippen LogP contribution is 2.28. The topological polar surface area (TPSA) is 101 Å². The summed E-state index contributed by atoms with van der Waals surface area (Å²) < 4.78 is 29.9. The van der Waals surface area contributed by atoms with E-state index in [-0.39, 0.29) is 21.7 Å². The largest absolute Gasteiger partial charge is 0.345 e. The summed E-state index contributed by atoms with van der Waals surface area (Å²) in [5.74, 6) is -0.467. The molecule has 0 aliphatic rings. The molecule has 0 radical (unpaired) electrons. The van der Waals surface area contributed by atoms with Crippen molar-refractivity contribution >= 4 is 78.4 Å². The van der Waals surface area contributed by atoms with Crippen molar-refractivity contribution in [1.29, 1.82) is 0 Å². The van der Waals surface area contributed by atoms with Gasteiger partial charge in [0.1, 0.15) is 10.4 Å². The standard InChI is InChI=1S/C23H17Cl2IN4O3S/c1-13(16-7-5-14(24)11-18(16)25)29-23(31)17-8-6-15(26)12-20(17)30-34(32,33)21-4-2-3-19-22(21)28-10-9-27-19/h2-13,30H,1H3,(H,29,31)/t13-/m1/s1. The monoisotopic (exact) mass is 626 g/mol. The summed E-state index contributed by atoms with van der Waals surface area (Å²) in [6.45, 7) is 1.78. The SMILES string of the molecule is C[C@@H](NC(=O)c1ccc(I)cc1NS(=O)(=O)c1cccc2nccnc12)c1ccc(Cl)cc1Cl. The summed E-state index contributed by atoms with van der Waals surface area (Å²) in [5, 5.41) is 3.77. The van der Waals surface area contributed by atoms with E-state index < -0.39 is 22.0 Å². The van der Waals surface area contributed by atoms with Crippen molar-refractivity contribution in [3.8, 4) is 0 Å². The number of carbonyl (C=O) groups is 1. The number of para-hydroxylation sites is 1. The zero-order valence-electron chi connectivity index (χ0n) is 17.6. The van der Waals surface area contributed by atoms with Crippen molar-refractivity contribution in [2.75, 3.05) is 4.72 Å². The Morgan fingerprint density at radius 2 is 1.79 bits per heavy atom. The summed E-state index contributed by atoms with van der Waals surface area (Å²) >= 11 is 14.3. The molecule has 7 nitrogen and oxygen atoms in total. The van der Waals surface area contributed by atoms with E-state index in [1.54, 1.807) is 55.5 Å². The maximum Gasteiger partial charge on any atom is 0.264 e. The van der Waals surface area contributed by atoms with Gasteiger partial charge in [0.05, 0.1) is 22.8 Å². The Hall–Kier alpha value is -2.47. The maximum atomic E-state index is 13.3. The summed E-state index contributed by atoms with van der Waals surface area (Å²) in [5.41, 5.74) is 1.66. The second-order valence-corrected chi connectivity index (χ2v) is 11.1. The molecule has 2 N–H and O–H groups in total. The average molecular weight is 627 g/mol. The van der Waals surface area contributed by atoms with Crippen LogP contribution in [0.15, 0.2) is 71.9 Å². The maximum absolute atomic E-state index is 13.3. The Balaban J connectivity index is 1.66. The Morgan fingerprint density at radius 3 is 2.56 bits per heavy atom. The highest BCUT2D eigenvalue weighted by molar-refractivity contribution is 14.1. The quantitative estimate of drug-likeness (QED) is 0.262. The van der Waals surface area contributed by atoms with Crippen LogP contribution in [0.4, 0.5) is 5.69 Å². The molecule has 1 aromatic heterocycles. The predicted octanol–water partition coefficient (Wildman–Crippen LogP) is 5.83. The van der Waals surface area contributed by atoms with Gasteiger partial charge in [0.2, 0.25) is 0 Å². The van der Waals surface area contributed by atoms with Gasteiger partial charge < -0.3 is 5.32 Å². The van der Waals surface area contributed by atoms with Gasteiger partial charge in [0, 0.05) is 26.0 Å². The number of fused-ring (bicyclic) bond motifs is 1. The van der Waals surface area contributed by atoms with Crippen molar-refractivity contribution in [3.05, 3.63) is 91.7 Å². The van der Waals surface area contributed by atoms with Crippen LogP contribution in [-0.4, -0.2) is 24.3 Å². The number of sulfonamides is 1. The van der Waals surface area contributed by atoms with E-state index in [4.69, 9.17) is 23.2 Å². The number of benzene rings is 3. The van der Waals surface area contributed by atoms with Crippen LogP contribution in [0.25, 0.3) is 11.0 Å². The number of hydrogen-bond acceptors (Lipinski definition) is 5. The number of carbonyl (C=O) groups excluding carboxylic acids is 1. The fraction of sp³-hybridized carbons (Fsp3) is 0.0870. The van der Waals surface area contributed by atoms with E-state index in [2.05, 4.69) is 20.0 Å². The van der Waals surface area contributed by atoms with E-state index in [1.807, 2.05) is 22.6 Å². The first-order valence-corrected chi connectivity index (χ1v) is 13.3. The van der Waals surface area contributed by atoms with Gasteiger partial charge >= 0.3 is 0 Å². The van der Waals surface area contributed by atoms with Crippen LogP contribution in [0.3, 0.4) is 0 Å². The molecule has 0 aliphatic carbocycles. The molecule has 0 fully saturated rings. The number of hydrogen-bond donors (Lipinski definition) is 2. The second-order valence-electron chi connectivity index (χ2n) is 7.34. The number of anilines is 1. The van der Waals surface area contributed by atoms with Crippen molar-refractivity contribution in [2.45, 2.75) is 17.9 Å². The normalized spacial score (nSPS) is 12.4. The van der Waals surface area contributed by atoms with Crippen LogP contribution in [0.5, 0.6) is 0 Å². The van der Waals surface area contributed by atoms with Crippen LogP contribution >= 0.6 is 45.8 Å². The number of amides is 1. The van der Waals surface area contributed by atoms with E-state index in [9.17, 15) is 13.2 Å². The Labute approximate surface area is 220 Å². The van der Waals surface area contributed by atoms with Gasteiger partial charge in [0.25, 0.3) is 15.9 Å². The Morgan fingerprint density at radius 1 is 1.03 bits per heavy atom. The molecule has 0 saturated heterocycles. The summed E-state index contributed by atoms with van der Waals surface area (Å²) in [7, 11) is -4.08. The van der Waals surface area contributed by atoms with Gasteiger partial charge in [-0.05, 0) is 77.5 Å². The average Bonchev–Trinajstić information content (AvgIpc) is 2.78. The van der Waals surface area contributed by atoms with E-state index in [0.717, 1.165) is 3.57 Å². The van der Waals surface area contributed by atoms with Crippen molar-refractivity contribution in [3.63, 3.8) is 0 Å². The zero-order chi connectivity index (χ0) is 24.5. The molecule has 1 heterocycles. The molecular formula is C23H17Cl2IN4O3S. The van der Waals surface area contributed by atoms with Gasteiger partial charge in [-0.25, -0.2) is 8.42 Å². The number of nitrogens with one attached hydrogen (secondary N) is 2. The molecule has 1 amide bonds. The fourth-order valence-corrected chi connectivity index (χ4v) is 5.69. The van der Waals surface area contributed by atoms with E-state index in [0.29, 0.717) is 21.1 Å². The highest BCUT2D eigenvalue weighted by atomic mass is 127. The smallest absolute Gasteiger partial charge is 0.264 e. The van der Waals surface area contributed by atoms with Crippen LogP contribution in [0.1, 0.15) is 28.9 Å². The lowest BCUT2D eigenvalue weighted by molar-refractivity contribution is 0.0941. The molecule has 0 spiro atoms. The first-order chi connectivity index (χ1) is 16.2. The fourth-order valence-electron chi connectivity index (χ4n) is 3.39. The first-order valence-electron chi connectivity index (χ1n) is 9.93. The molecule has 1 atom stereocenters. The minimum Gasteiger partial charge on any atom is -0.345 e. The molecule has 0 unspecified atom stereocenters. The Bertz CT molecular complexity index is 1510. The minimum absolute atomic E-state index is 0.0374. The van der Waals surface area contributed by atoms with E-state index in [1.165, 1.54) is 18.5 Å². The number of nitrogens with zero attached hydrogens (tertiary/aromatic N) is 2. The highest BCUT2D eigenvalue weighted by Gasteiger charge is 2.23. The molecule has 4 aromatic rings. The lowest BCUT2D eigenvalue weighted by atomic mass is 10.1. The third kappa shape index (κ3) is 5.27. The summed E-state index contributed by atoms with van der Waals surface area (Å²) in [6, 6.07) is 14.1. The lowest BCUT2D eigenvalue weighted by Gasteiger charge is -2.18. The molecule has 3 aromatic carbocycles. The van der Waals surface area contributed by atoms with Crippen LogP contribution in [0, 0.1) is 3.57 Å². The van der Waals surface area contributed by atoms with Gasteiger partial charge in [0.15, 0.2) is 0 Å². The van der Waals surface area contributed by atoms with Crippen molar-refractivity contribution in [1.82, 2.24) is 15.3 Å². The third-order valence-corrected chi connectivity index (χ3v) is 7.63. The molecule has 34 heavy (non-hydrogen) atoms. The van der Waals surface area contributed by atoms with Crippen LogP contribution in [-0.2, 0) is 10.0 Å². The first kappa shape index (κ1) is 24.6. The molecule has 174 valence electrons. The lowest BCUT2D eigenvalue weighted by Crippen LogP contribution is -2.28. The summed E-state index contributed by atoms with van der Waals surface area (Å²) in [4.78, 5) is 21.4. The van der Waals surface area contributed by atoms with E-state index >= 15 is 0 Å². The summed E-state index contributed by atoms with van der Waals surface area (Å²) in [6.07, 6.45) is 2.91. The van der Waals surface area contributed by atoms with Crippen LogP contribution in [0.2, 0.25) is 10.0 Å². The molecule has 0 aliphatic heterocycles. The molecule has 0 bridgehead atoms. The third-order valence-electron chi connectivity index (χ3n) is 5.00. The molecule has 0 saturated carbocycles. The van der Waals surface area contributed by atoms with Crippen molar-refractivity contribution in [2.24, 2.45) is 0 Å². The van der Waals surface area contributed by atoms with Crippen molar-refractivity contribution < 1.29 is 13.2 Å². The second kappa shape index (κ2) is 10.0. The van der Waals surface area contributed by atoms with Gasteiger partial charge in [-0.1, -0.05) is 35.3 Å². The predicted molar refractivity (Wildman–Crippen MR) is 142 cm³/mol. The van der Waals surface area contributed by atoms with Gasteiger partial charge in [-0.3, -0.25) is 19.5 Å². The molecule has 4 rings (SSSR count). The molecule has 11 heteroatoms. The van der Waals surface area contributed by atoms with Gasteiger partial charge in [-0.2, -0.15) is 0 Å². The Kier molecular flexibility index (Phi) is 7.27. The number of aromatic nitrogens is 2. The van der Waals surface area contributed by atoms with Crippen LogP contribution < -0.4 is 10.0 Å². The minimum atomic E-state index is -4.08. The number of halogens is 3. The zero-order valence-corrected chi connectivity index (χ0v) is 22.1.